The van der Waals surface area contributed by atoms with Crippen LogP contribution in [-0.2, 0) is 5.41 Å². The molecule has 0 bridgehead atoms. The Kier molecular flexibility index (Phi) is 3.79. The summed E-state index contributed by atoms with van der Waals surface area (Å²) in [6, 6.07) is 6.39. The first-order valence-corrected chi connectivity index (χ1v) is 6.87. The Bertz CT molecular complexity index is 398. The molecule has 1 nitrogen and oxygen atoms in total. The molecule has 1 aromatic rings. The van der Waals surface area contributed by atoms with Gasteiger partial charge in [-0.3, -0.25) is 0 Å². The lowest BCUT2D eigenvalue weighted by Crippen LogP contribution is -2.28. The molecule has 0 radical (unpaired) electrons. The molecule has 1 atom stereocenters. The fraction of sp³-hybridized carbons (Fsp3) is 0.600. The summed E-state index contributed by atoms with van der Waals surface area (Å²) in [4.78, 5) is 0. The quantitative estimate of drug-likeness (QED) is 0.853. The minimum atomic E-state index is 0.226. The molecule has 0 saturated carbocycles. The molecule has 94 valence electrons. The molecule has 1 aromatic carbocycles. The second kappa shape index (κ2) is 4.99. The molecule has 1 aliphatic rings. The molecule has 1 aliphatic carbocycles. The van der Waals surface area contributed by atoms with Crippen LogP contribution in [0.15, 0.2) is 18.2 Å². The highest BCUT2D eigenvalue weighted by Crippen LogP contribution is 2.46. The first kappa shape index (κ1) is 12.9. The van der Waals surface area contributed by atoms with E-state index in [9.17, 15) is 0 Å². The van der Waals surface area contributed by atoms with Gasteiger partial charge >= 0.3 is 0 Å². The normalized spacial score (nSPS) is 22.2. The lowest BCUT2D eigenvalue weighted by Gasteiger charge is -2.38. The highest BCUT2D eigenvalue weighted by atomic mass is 35.5. The van der Waals surface area contributed by atoms with Crippen molar-refractivity contribution in [3.8, 4) is 0 Å². The van der Waals surface area contributed by atoms with E-state index in [1.807, 2.05) is 13.1 Å². The van der Waals surface area contributed by atoms with Crippen molar-refractivity contribution >= 4 is 11.6 Å². The van der Waals surface area contributed by atoms with Gasteiger partial charge in [0.1, 0.15) is 0 Å². The molecule has 2 rings (SSSR count). The Morgan fingerprint density at radius 3 is 2.88 bits per heavy atom. The van der Waals surface area contributed by atoms with Gasteiger partial charge in [-0.05, 0) is 61.4 Å². The minimum absolute atomic E-state index is 0.226. The third-order valence-corrected chi connectivity index (χ3v) is 4.34. The van der Waals surface area contributed by atoms with Gasteiger partial charge in [-0.15, -0.1) is 0 Å². The van der Waals surface area contributed by atoms with Gasteiger partial charge in [-0.25, -0.2) is 0 Å². The van der Waals surface area contributed by atoms with Crippen LogP contribution in [0, 0.1) is 0 Å². The maximum Gasteiger partial charge on any atom is 0.0446 e. The largest absolute Gasteiger partial charge is 0.320 e. The highest BCUT2D eigenvalue weighted by molar-refractivity contribution is 6.31. The molecule has 1 N–H and O–H groups in total. The van der Waals surface area contributed by atoms with Crippen LogP contribution in [0.2, 0.25) is 5.02 Å². The summed E-state index contributed by atoms with van der Waals surface area (Å²) in [6.45, 7) is 5.70. The number of fused-ring (bicyclic) bond motifs is 1. The summed E-state index contributed by atoms with van der Waals surface area (Å²) in [6.07, 6.45) is 3.72. The van der Waals surface area contributed by atoms with Gasteiger partial charge in [-0.1, -0.05) is 37.6 Å². The van der Waals surface area contributed by atoms with Crippen LogP contribution in [0.25, 0.3) is 0 Å². The van der Waals surface area contributed by atoms with Crippen LogP contribution in [0.5, 0.6) is 0 Å². The van der Waals surface area contributed by atoms with Crippen molar-refractivity contribution in [1.29, 1.82) is 0 Å². The lowest BCUT2D eigenvalue weighted by molar-refractivity contribution is 0.380. The summed E-state index contributed by atoms with van der Waals surface area (Å²) in [5, 5.41) is 4.19. The first-order chi connectivity index (χ1) is 8.06. The molecular formula is C15H22ClN. The zero-order valence-corrected chi connectivity index (χ0v) is 11.8. The summed E-state index contributed by atoms with van der Waals surface area (Å²) >= 11 is 6.41. The van der Waals surface area contributed by atoms with Crippen molar-refractivity contribution in [2.24, 2.45) is 0 Å². The second-order valence-electron chi connectivity index (χ2n) is 5.72. The van der Waals surface area contributed by atoms with Crippen molar-refractivity contribution in [3.05, 3.63) is 34.3 Å². The molecule has 0 heterocycles. The van der Waals surface area contributed by atoms with E-state index in [0.717, 1.165) is 11.6 Å². The van der Waals surface area contributed by atoms with Crippen LogP contribution in [0.4, 0.5) is 0 Å². The summed E-state index contributed by atoms with van der Waals surface area (Å²) in [7, 11) is 2.02. The molecule has 0 fully saturated rings. The zero-order valence-electron chi connectivity index (χ0n) is 11.0. The Balaban J connectivity index is 2.38. The fourth-order valence-corrected chi connectivity index (χ4v) is 3.47. The third-order valence-electron chi connectivity index (χ3n) is 4.02. The molecule has 2 heteroatoms. The average Bonchev–Trinajstić information content (AvgIpc) is 2.28. The topological polar surface area (TPSA) is 12.0 Å². The van der Waals surface area contributed by atoms with Gasteiger partial charge in [0.25, 0.3) is 0 Å². The molecule has 17 heavy (non-hydrogen) atoms. The van der Waals surface area contributed by atoms with Crippen LogP contribution >= 0.6 is 11.6 Å². The smallest absolute Gasteiger partial charge is 0.0446 e. The van der Waals surface area contributed by atoms with Gasteiger partial charge < -0.3 is 5.32 Å². The average molecular weight is 252 g/mol. The fourth-order valence-electron chi connectivity index (χ4n) is 3.03. The van der Waals surface area contributed by atoms with E-state index in [0.29, 0.717) is 5.92 Å². The van der Waals surface area contributed by atoms with Crippen LogP contribution in [0.3, 0.4) is 0 Å². The highest BCUT2D eigenvalue weighted by Gasteiger charge is 2.33. The van der Waals surface area contributed by atoms with E-state index < -0.39 is 0 Å². The lowest BCUT2D eigenvalue weighted by atomic mass is 9.68. The van der Waals surface area contributed by atoms with Gasteiger partial charge in [0.05, 0.1) is 0 Å². The van der Waals surface area contributed by atoms with Crippen LogP contribution < -0.4 is 5.32 Å². The number of halogens is 1. The maximum absolute atomic E-state index is 6.41. The Labute approximate surface area is 110 Å². The van der Waals surface area contributed by atoms with Crippen molar-refractivity contribution in [2.45, 2.75) is 44.4 Å². The van der Waals surface area contributed by atoms with E-state index in [-0.39, 0.29) is 5.41 Å². The third kappa shape index (κ3) is 2.51. The maximum atomic E-state index is 6.41. The monoisotopic (exact) mass is 251 g/mol. The Hall–Kier alpha value is -0.530. The Morgan fingerprint density at radius 2 is 2.18 bits per heavy atom. The predicted molar refractivity (Wildman–Crippen MR) is 75.0 cm³/mol. The second-order valence-corrected chi connectivity index (χ2v) is 6.12. The van der Waals surface area contributed by atoms with Crippen LogP contribution in [0.1, 0.15) is 50.2 Å². The van der Waals surface area contributed by atoms with Crippen LogP contribution in [-0.4, -0.2) is 13.6 Å². The zero-order chi connectivity index (χ0) is 12.5. The predicted octanol–water partition coefficient (Wildman–Crippen LogP) is 4.10. The molecule has 0 amide bonds. The molecule has 0 saturated heterocycles. The number of hydrogen-bond acceptors (Lipinski definition) is 1. The summed E-state index contributed by atoms with van der Waals surface area (Å²) in [5.41, 5.74) is 3.09. The molecular weight excluding hydrogens is 230 g/mol. The number of nitrogens with one attached hydrogen (secondary N) is 1. The SMILES string of the molecule is CNCCC1CCC(C)(C)c2c(Cl)cccc21. The van der Waals surface area contributed by atoms with Crippen molar-refractivity contribution < 1.29 is 0 Å². The van der Waals surface area contributed by atoms with Crippen molar-refractivity contribution in [2.75, 3.05) is 13.6 Å². The summed E-state index contributed by atoms with van der Waals surface area (Å²) in [5.74, 6) is 0.671. The van der Waals surface area contributed by atoms with E-state index in [1.165, 1.54) is 30.4 Å². The van der Waals surface area contributed by atoms with E-state index >= 15 is 0 Å². The van der Waals surface area contributed by atoms with Gasteiger partial charge in [0, 0.05) is 5.02 Å². The van der Waals surface area contributed by atoms with E-state index in [2.05, 4.69) is 31.3 Å². The van der Waals surface area contributed by atoms with Crippen molar-refractivity contribution in [1.82, 2.24) is 5.32 Å². The summed E-state index contributed by atoms with van der Waals surface area (Å²) < 4.78 is 0. The Morgan fingerprint density at radius 1 is 1.41 bits per heavy atom. The van der Waals surface area contributed by atoms with E-state index in [1.54, 1.807) is 0 Å². The van der Waals surface area contributed by atoms with Crippen molar-refractivity contribution in [3.63, 3.8) is 0 Å². The molecule has 0 aromatic heterocycles. The molecule has 0 aliphatic heterocycles. The first-order valence-electron chi connectivity index (χ1n) is 6.50. The van der Waals surface area contributed by atoms with Gasteiger partial charge in [0.15, 0.2) is 0 Å². The number of benzene rings is 1. The minimum Gasteiger partial charge on any atom is -0.320 e. The number of rotatable bonds is 3. The standard InChI is InChI=1S/C15H22ClN/c1-15(2)9-7-11(8-10-17-3)12-5-4-6-13(16)14(12)15/h4-6,11,17H,7-10H2,1-3H3. The molecule has 1 unspecified atom stereocenters. The number of hydrogen-bond donors (Lipinski definition) is 1. The van der Waals surface area contributed by atoms with E-state index in [4.69, 9.17) is 11.6 Å². The van der Waals surface area contributed by atoms with Gasteiger partial charge in [-0.2, -0.15) is 0 Å². The van der Waals surface area contributed by atoms with Gasteiger partial charge in [0.2, 0.25) is 0 Å². The molecule has 0 spiro atoms.